The van der Waals surface area contributed by atoms with Gasteiger partial charge in [-0.2, -0.15) is 10.5 Å². The van der Waals surface area contributed by atoms with E-state index < -0.39 is 34.8 Å². The van der Waals surface area contributed by atoms with Gasteiger partial charge in [0.05, 0.1) is 25.6 Å². The lowest BCUT2D eigenvalue weighted by molar-refractivity contribution is -0.152. The fraction of sp³-hybridized carbons (Fsp3) is 0.200. The van der Waals surface area contributed by atoms with Crippen molar-refractivity contribution in [1.82, 2.24) is 19.9 Å². The Morgan fingerprint density at radius 3 is 1.60 bits per heavy atom. The molecule has 0 aliphatic heterocycles. The number of hydrogen-bond donors (Lipinski definition) is 6. The maximum Gasteiger partial charge on any atom is 0.347 e. The lowest BCUT2D eigenvalue weighted by atomic mass is 10.1. The fourth-order valence-corrected chi connectivity index (χ4v) is 4.64. The van der Waals surface area contributed by atoms with Gasteiger partial charge < -0.3 is 39.1 Å². The molecule has 0 spiro atoms. The van der Waals surface area contributed by atoms with Crippen molar-refractivity contribution in [2.24, 2.45) is 0 Å². The van der Waals surface area contributed by atoms with Crippen LogP contribution in [-0.4, -0.2) is 68.0 Å². The summed E-state index contributed by atoms with van der Waals surface area (Å²) in [5.74, 6) is -1.15. The fourth-order valence-electron chi connectivity index (χ4n) is 4.24. The Labute approximate surface area is 311 Å². The SMILES string of the molecule is COc1cccc(/C=C/c2[nH]c(=S)[nH]c(=O)c2C#N)c1OC(C)(C)C(=O)O.COc1cccc(/C=C/c2[nH]c(=S)[nH]c(=O)c2C#N)c1OC(C)C(=O)O. The summed E-state index contributed by atoms with van der Waals surface area (Å²) in [6, 6.07) is 13.6. The average Bonchev–Trinajstić information content (AvgIpc) is 3.10. The van der Waals surface area contributed by atoms with Crippen LogP contribution < -0.4 is 30.1 Å². The number of aliphatic carboxylic acids is 2. The van der Waals surface area contributed by atoms with Crippen molar-refractivity contribution in [3.05, 3.63) is 100 Å². The number of aromatic nitrogens is 4. The van der Waals surface area contributed by atoms with Crippen LogP contribution in [0.15, 0.2) is 46.0 Å². The monoisotopic (exact) mass is 760 g/mol. The Bertz CT molecular complexity index is 2410. The van der Waals surface area contributed by atoms with E-state index in [1.54, 1.807) is 54.6 Å². The molecule has 0 aliphatic rings. The molecule has 6 N–H and O–H groups in total. The number of rotatable bonds is 12. The topological polar surface area (TPSA) is 256 Å². The first-order valence-corrected chi connectivity index (χ1v) is 15.9. The van der Waals surface area contributed by atoms with E-state index in [9.17, 15) is 29.5 Å². The van der Waals surface area contributed by atoms with Crippen LogP contribution in [0.5, 0.6) is 23.0 Å². The van der Waals surface area contributed by atoms with Gasteiger partial charge in [-0.05, 0) is 81.6 Å². The van der Waals surface area contributed by atoms with Gasteiger partial charge in [0, 0.05) is 11.1 Å². The Morgan fingerprint density at radius 2 is 1.21 bits per heavy atom. The number of hydrogen-bond acceptors (Lipinski definition) is 12. The number of H-pyrrole nitrogens is 4. The Balaban J connectivity index is 0.000000286. The number of nitrogens with one attached hydrogen (secondary N) is 4. The molecule has 2 heterocycles. The molecule has 274 valence electrons. The summed E-state index contributed by atoms with van der Waals surface area (Å²) < 4.78 is 21.8. The van der Waals surface area contributed by atoms with E-state index >= 15 is 0 Å². The van der Waals surface area contributed by atoms with Crippen LogP contribution in [0.2, 0.25) is 0 Å². The van der Waals surface area contributed by atoms with Crippen LogP contribution in [0.25, 0.3) is 24.3 Å². The first-order valence-electron chi connectivity index (χ1n) is 15.1. The highest BCUT2D eigenvalue weighted by Crippen LogP contribution is 2.36. The molecule has 4 rings (SSSR count). The molecule has 16 nitrogen and oxygen atoms in total. The molecule has 1 atom stereocenters. The quantitative estimate of drug-likeness (QED) is 0.103. The second-order valence-electron chi connectivity index (χ2n) is 11.1. The molecular formula is C35H32N6O10S2. The van der Waals surface area contributed by atoms with Crippen LogP contribution in [-0.2, 0) is 9.59 Å². The number of carboxylic acid groups (broad SMARTS) is 2. The van der Waals surface area contributed by atoms with Crippen molar-refractivity contribution in [2.75, 3.05) is 14.2 Å². The van der Waals surface area contributed by atoms with Gasteiger partial charge >= 0.3 is 11.9 Å². The first-order chi connectivity index (χ1) is 25.1. The molecular weight excluding hydrogens is 729 g/mol. The number of para-hydroxylation sites is 2. The van der Waals surface area contributed by atoms with Crippen LogP contribution in [0, 0.1) is 32.2 Å². The summed E-state index contributed by atoms with van der Waals surface area (Å²) in [5, 5.41) is 36.7. The highest BCUT2D eigenvalue weighted by atomic mass is 32.1. The highest BCUT2D eigenvalue weighted by Gasteiger charge is 2.31. The standard InChI is InChI=1S/C18H17N3O5S.C17H15N3O5S/c1-18(2,16(23)24)26-14-10(5-4-6-13(14)25-3)7-8-12-11(9-19)15(22)21-17(27)20-12;1-9(16(22)23)25-14-10(4-3-5-13(14)24-2)6-7-12-11(8-18)15(21)20-17(26)19-12/h4-8H,1-3H3,(H,23,24)(H2,20,21,22,27);3-7,9H,1-2H3,(H,22,23)(H2,19,20,21,26)/b8-7+;7-6+. The molecule has 0 bridgehead atoms. The van der Waals surface area contributed by atoms with Crippen molar-refractivity contribution in [3.63, 3.8) is 0 Å². The summed E-state index contributed by atoms with van der Waals surface area (Å²) in [7, 11) is 2.87. The minimum atomic E-state index is -1.50. The van der Waals surface area contributed by atoms with Gasteiger partial charge in [-0.3, -0.25) is 19.6 Å². The summed E-state index contributed by atoms with van der Waals surface area (Å²) in [6.45, 7) is 4.22. The van der Waals surface area contributed by atoms with E-state index in [4.69, 9.17) is 53.8 Å². The molecule has 2 aromatic carbocycles. The molecule has 1 unspecified atom stereocenters. The summed E-state index contributed by atoms with van der Waals surface area (Å²) in [6.07, 6.45) is 5.00. The smallest absolute Gasteiger partial charge is 0.347 e. The maximum absolute atomic E-state index is 11.8. The maximum atomic E-state index is 11.8. The number of aromatic amines is 4. The Hall–Kier alpha value is -6.76. The molecule has 0 aliphatic carbocycles. The van der Waals surface area contributed by atoms with Crippen molar-refractivity contribution in [2.45, 2.75) is 32.5 Å². The molecule has 53 heavy (non-hydrogen) atoms. The number of carboxylic acids is 2. The van der Waals surface area contributed by atoms with Crippen LogP contribution in [0.3, 0.4) is 0 Å². The van der Waals surface area contributed by atoms with E-state index in [1.165, 1.54) is 47.1 Å². The lowest BCUT2D eigenvalue weighted by Crippen LogP contribution is -2.38. The van der Waals surface area contributed by atoms with E-state index in [2.05, 4.69) is 19.9 Å². The zero-order valence-corrected chi connectivity index (χ0v) is 30.4. The molecule has 0 saturated carbocycles. The van der Waals surface area contributed by atoms with E-state index in [0.29, 0.717) is 22.6 Å². The molecule has 0 fully saturated rings. The van der Waals surface area contributed by atoms with E-state index in [1.807, 2.05) is 6.07 Å². The number of nitriles is 2. The summed E-state index contributed by atoms with van der Waals surface area (Å²) in [5.41, 5.74) is -1.52. The Kier molecular flexibility index (Phi) is 13.8. The number of nitrogens with zero attached hydrogens (tertiary/aromatic N) is 2. The van der Waals surface area contributed by atoms with Gasteiger partial charge in [-0.25, -0.2) is 9.59 Å². The predicted octanol–water partition coefficient (Wildman–Crippen LogP) is 5.06. The zero-order valence-electron chi connectivity index (χ0n) is 28.7. The minimum Gasteiger partial charge on any atom is -0.493 e. The van der Waals surface area contributed by atoms with Gasteiger partial charge in [-0.1, -0.05) is 24.3 Å². The second-order valence-corrected chi connectivity index (χ2v) is 11.9. The largest absolute Gasteiger partial charge is 0.493 e. The van der Waals surface area contributed by atoms with Gasteiger partial charge in [0.15, 0.2) is 44.2 Å². The third kappa shape index (κ3) is 10.4. The first kappa shape index (κ1) is 40.7. The van der Waals surface area contributed by atoms with E-state index in [0.717, 1.165) is 0 Å². The minimum absolute atomic E-state index is 0.0766. The van der Waals surface area contributed by atoms with Crippen LogP contribution in [0.1, 0.15) is 54.4 Å². The Morgan fingerprint density at radius 1 is 0.774 bits per heavy atom. The van der Waals surface area contributed by atoms with Crippen molar-refractivity contribution < 1.29 is 38.7 Å². The third-order valence-electron chi connectivity index (χ3n) is 7.00. The van der Waals surface area contributed by atoms with Crippen molar-refractivity contribution >= 4 is 60.7 Å². The predicted molar refractivity (Wildman–Crippen MR) is 198 cm³/mol. The van der Waals surface area contributed by atoms with Crippen molar-refractivity contribution in [1.29, 1.82) is 10.5 Å². The molecule has 0 amide bonds. The zero-order chi connectivity index (χ0) is 39.5. The third-order valence-corrected chi connectivity index (χ3v) is 7.41. The molecule has 18 heteroatoms. The molecule has 0 saturated heterocycles. The number of ether oxygens (including phenoxy) is 4. The average molecular weight is 761 g/mol. The van der Waals surface area contributed by atoms with E-state index in [-0.39, 0.29) is 43.6 Å². The number of benzene rings is 2. The second kappa shape index (κ2) is 17.9. The van der Waals surface area contributed by atoms with Gasteiger partial charge in [0.25, 0.3) is 11.1 Å². The molecule has 2 aromatic heterocycles. The molecule has 0 radical (unpaired) electrons. The number of carbonyl (C=O) groups is 2. The van der Waals surface area contributed by atoms with Gasteiger partial charge in [-0.15, -0.1) is 0 Å². The van der Waals surface area contributed by atoms with Crippen LogP contribution in [0.4, 0.5) is 0 Å². The normalized spacial score (nSPS) is 11.5. The van der Waals surface area contributed by atoms with Crippen molar-refractivity contribution in [3.8, 4) is 35.1 Å². The van der Waals surface area contributed by atoms with Crippen LogP contribution >= 0.6 is 24.4 Å². The van der Waals surface area contributed by atoms with Gasteiger partial charge in [0.1, 0.15) is 23.3 Å². The molecule has 4 aromatic rings. The lowest BCUT2D eigenvalue weighted by Gasteiger charge is -2.24. The van der Waals surface area contributed by atoms with Gasteiger partial charge in [0.2, 0.25) is 0 Å². The summed E-state index contributed by atoms with van der Waals surface area (Å²) in [4.78, 5) is 56.2. The highest BCUT2D eigenvalue weighted by molar-refractivity contribution is 7.71. The number of methoxy groups -OCH3 is 2. The summed E-state index contributed by atoms with van der Waals surface area (Å²) >= 11 is 9.84.